The maximum atomic E-state index is 12.7. The first-order chi connectivity index (χ1) is 19.3. The van der Waals surface area contributed by atoms with Crippen LogP contribution in [0.3, 0.4) is 0 Å². The number of likely N-dealkylation sites (tertiary alicyclic amines) is 1. The molecule has 1 unspecified atom stereocenters. The van der Waals surface area contributed by atoms with Crippen molar-refractivity contribution in [2.75, 3.05) is 26.0 Å². The van der Waals surface area contributed by atoms with Gasteiger partial charge in [-0.25, -0.2) is 18.4 Å². The molecule has 212 valence electrons. The van der Waals surface area contributed by atoms with Gasteiger partial charge in [-0.2, -0.15) is 5.10 Å². The molecule has 2 heterocycles. The lowest BCUT2D eigenvalue weighted by Crippen LogP contribution is -2.25. The fourth-order valence-corrected chi connectivity index (χ4v) is 3.37. The summed E-state index contributed by atoms with van der Waals surface area (Å²) < 4.78 is 31.7. The van der Waals surface area contributed by atoms with Gasteiger partial charge in [-0.05, 0) is 94.0 Å². The molecule has 5 rings (SSSR count). The highest BCUT2D eigenvalue weighted by Gasteiger charge is 2.18. The Balaban J connectivity index is 0.000000199. The molecule has 1 N–H and O–H groups in total. The molecule has 3 aromatic carbocycles. The normalized spacial score (nSPS) is 13.8. The largest absolute Gasteiger partial charge is 0.457 e. The van der Waals surface area contributed by atoms with Crippen molar-refractivity contribution in [2.45, 2.75) is 32.4 Å². The summed E-state index contributed by atoms with van der Waals surface area (Å²) in [7, 11) is 3.85. The van der Waals surface area contributed by atoms with E-state index in [0.717, 1.165) is 42.5 Å². The van der Waals surface area contributed by atoms with Gasteiger partial charge in [0.2, 0.25) is 0 Å². The second-order valence-electron chi connectivity index (χ2n) is 8.74. The minimum atomic E-state index is -0.266. The van der Waals surface area contributed by atoms with Gasteiger partial charge in [-0.1, -0.05) is 17.7 Å². The molecule has 1 fully saturated rings. The smallest absolute Gasteiger partial charge is 0.141 e. The van der Waals surface area contributed by atoms with Gasteiger partial charge in [-0.3, -0.25) is 4.90 Å². The van der Waals surface area contributed by atoms with Crippen LogP contribution in [0.1, 0.15) is 18.4 Å². The van der Waals surface area contributed by atoms with Gasteiger partial charge in [0.15, 0.2) is 0 Å². The number of carbonyl (C=O) groups excluding carboxylic acids is 2. The number of nitrogens with one attached hydrogen (secondary N) is 1. The highest BCUT2D eigenvalue weighted by Crippen LogP contribution is 2.22. The van der Waals surface area contributed by atoms with Crippen molar-refractivity contribution in [3.8, 4) is 11.5 Å². The average molecular weight is 552 g/mol. The Morgan fingerprint density at radius 2 is 1.52 bits per heavy atom. The summed E-state index contributed by atoms with van der Waals surface area (Å²) in [4.78, 5) is 25.7. The van der Waals surface area contributed by atoms with Gasteiger partial charge in [0.1, 0.15) is 48.4 Å². The van der Waals surface area contributed by atoms with Crippen LogP contribution in [0.5, 0.6) is 11.5 Å². The maximum Gasteiger partial charge on any atom is 0.141 e. The van der Waals surface area contributed by atoms with Gasteiger partial charge < -0.3 is 19.6 Å². The minimum Gasteiger partial charge on any atom is -0.457 e. The first kappa shape index (κ1) is 31.8. The summed E-state index contributed by atoms with van der Waals surface area (Å²) >= 11 is 0. The molecule has 1 atom stereocenters. The summed E-state index contributed by atoms with van der Waals surface area (Å²) in [5, 5.41) is 6.70. The molecule has 4 aromatic rings. The molecule has 40 heavy (non-hydrogen) atoms. The highest BCUT2D eigenvalue weighted by molar-refractivity contribution is 5.57. The van der Waals surface area contributed by atoms with Crippen LogP contribution in [0.2, 0.25) is 0 Å². The Hall–Kier alpha value is -4.44. The zero-order valence-electron chi connectivity index (χ0n) is 22.9. The maximum absolute atomic E-state index is 12.7. The molecule has 0 aliphatic carbocycles. The van der Waals surface area contributed by atoms with E-state index >= 15 is 0 Å². The number of hydrogen-bond acceptors (Lipinski definition) is 7. The van der Waals surface area contributed by atoms with Gasteiger partial charge in [-0.15, -0.1) is 0 Å². The van der Waals surface area contributed by atoms with Crippen molar-refractivity contribution in [3.05, 3.63) is 103 Å². The van der Waals surface area contributed by atoms with E-state index < -0.39 is 0 Å². The molecule has 8 nitrogen and oxygen atoms in total. The SMILES string of the molecule is CN1CCCC1C=O.CNc1ccc(Oc2ccc(F)cc2)cc1.Cc1ccc(F)cc1.O=CCn1cncn1. The van der Waals surface area contributed by atoms with Crippen LogP contribution in [-0.4, -0.2) is 58.9 Å². The van der Waals surface area contributed by atoms with Crippen molar-refractivity contribution < 1.29 is 23.1 Å². The number of halogens is 2. The number of aromatic nitrogens is 3. The fraction of sp³-hybridized carbons (Fsp3) is 0.267. The van der Waals surface area contributed by atoms with Crippen LogP contribution in [0.15, 0.2) is 85.5 Å². The lowest BCUT2D eigenvalue weighted by Gasteiger charge is -2.10. The van der Waals surface area contributed by atoms with E-state index in [1.807, 2.05) is 45.3 Å². The van der Waals surface area contributed by atoms with Crippen LogP contribution in [-0.2, 0) is 16.1 Å². The lowest BCUT2D eigenvalue weighted by molar-refractivity contribution is -0.111. The average Bonchev–Trinajstić information content (AvgIpc) is 3.65. The van der Waals surface area contributed by atoms with E-state index in [1.54, 1.807) is 24.3 Å². The van der Waals surface area contributed by atoms with Gasteiger partial charge in [0.05, 0.1) is 12.6 Å². The van der Waals surface area contributed by atoms with E-state index in [0.29, 0.717) is 12.3 Å². The van der Waals surface area contributed by atoms with Crippen LogP contribution < -0.4 is 10.1 Å². The van der Waals surface area contributed by atoms with E-state index in [1.165, 1.54) is 48.0 Å². The molecule has 10 heteroatoms. The number of benzene rings is 3. The van der Waals surface area contributed by atoms with Crippen LogP contribution in [0.4, 0.5) is 14.5 Å². The van der Waals surface area contributed by atoms with E-state index in [2.05, 4.69) is 20.3 Å². The van der Waals surface area contributed by atoms with Crippen LogP contribution >= 0.6 is 0 Å². The van der Waals surface area contributed by atoms with Gasteiger partial charge in [0, 0.05) is 12.7 Å². The fourth-order valence-electron chi connectivity index (χ4n) is 3.37. The second-order valence-corrected chi connectivity index (χ2v) is 8.74. The number of likely N-dealkylation sites (N-methyl/N-ethyl adjacent to an activating group) is 1. The van der Waals surface area contributed by atoms with E-state index in [9.17, 15) is 18.4 Å². The second kappa shape index (κ2) is 18.0. The Labute approximate surface area is 233 Å². The Morgan fingerprint density at radius 3 is 1.93 bits per heavy atom. The Kier molecular flexibility index (Phi) is 14.3. The Bertz CT molecular complexity index is 1220. The number of ether oxygens (including phenoxy) is 1. The number of aldehydes is 2. The summed E-state index contributed by atoms with van der Waals surface area (Å²) in [5.41, 5.74) is 2.11. The molecule has 1 aromatic heterocycles. The number of anilines is 1. The summed E-state index contributed by atoms with van der Waals surface area (Å²) in [6.07, 6.45) is 6.93. The molecule has 1 aliphatic rings. The summed E-state index contributed by atoms with van der Waals surface area (Å²) in [6.45, 7) is 3.31. The number of carbonyl (C=O) groups is 2. The third-order valence-electron chi connectivity index (χ3n) is 5.67. The standard InChI is InChI=1S/C13H12FNO.C7H7F.C6H11NO.C4H5N3O/c1-15-11-4-8-13(9-5-11)16-12-6-2-10(14)3-7-12;1-6-2-4-7(8)5-3-6;1-7-4-2-3-6(7)5-8;8-2-1-7-4-5-3-6-7/h2-9,15H,1H3;2-5H,1H3;5-6H,2-4H2,1H3;2-4H,1H2. The summed E-state index contributed by atoms with van der Waals surface area (Å²) in [6, 6.07) is 20.1. The molecular formula is C30H35F2N5O3. The third-order valence-corrected chi connectivity index (χ3v) is 5.67. The molecule has 0 spiro atoms. The molecule has 1 saturated heterocycles. The number of rotatable bonds is 6. The molecular weight excluding hydrogens is 516 g/mol. The molecule has 1 aliphatic heterocycles. The van der Waals surface area contributed by atoms with Crippen molar-refractivity contribution in [1.29, 1.82) is 0 Å². The summed E-state index contributed by atoms with van der Waals surface area (Å²) in [5.74, 6) is 0.915. The van der Waals surface area contributed by atoms with Crippen LogP contribution in [0, 0.1) is 18.6 Å². The molecule has 0 radical (unpaired) electrons. The van der Waals surface area contributed by atoms with E-state index in [4.69, 9.17) is 4.74 Å². The molecule has 0 bridgehead atoms. The first-order valence-corrected chi connectivity index (χ1v) is 12.7. The predicted molar refractivity (Wildman–Crippen MR) is 151 cm³/mol. The first-order valence-electron chi connectivity index (χ1n) is 12.7. The van der Waals surface area contributed by atoms with E-state index in [-0.39, 0.29) is 17.7 Å². The zero-order valence-corrected chi connectivity index (χ0v) is 22.9. The van der Waals surface area contributed by atoms with Gasteiger partial charge in [0.25, 0.3) is 0 Å². The minimum absolute atomic E-state index is 0.171. The van der Waals surface area contributed by atoms with Crippen molar-refractivity contribution in [1.82, 2.24) is 19.7 Å². The monoisotopic (exact) mass is 551 g/mol. The molecule has 0 amide bonds. The quantitative estimate of drug-likeness (QED) is 0.314. The lowest BCUT2D eigenvalue weighted by atomic mass is 10.2. The Morgan fingerprint density at radius 1 is 0.950 bits per heavy atom. The van der Waals surface area contributed by atoms with Crippen molar-refractivity contribution in [3.63, 3.8) is 0 Å². The van der Waals surface area contributed by atoms with Crippen molar-refractivity contribution in [2.24, 2.45) is 0 Å². The van der Waals surface area contributed by atoms with Crippen molar-refractivity contribution >= 4 is 18.3 Å². The number of nitrogens with zero attached hydrogens (tertiary/aromatic N) is 4. The predicted octanol–water partition coefficient (Wildman–Crippen LogP) is 5.55. The number of aryl methyl sites for hydroxylation is 1. The zero-order chi connectivity index (χ0) is 29.2. The topological polar surface area (TPSA) is 89.4 Å². The number of hydrogen-bond donors (Lipinski definition) is 1. The molecule has 0 saturated carbocycles. The third kappa shape index (κ3) is 12.4. The highest BCUT2D eigenvalue weighted by atomic mass is 19.1. The van der Waals surface area contributed by atoms with Gasteiger partial charge >= 0.3 is 0 Å². The van der Waals surface area contributed by atoms with Crippen LogP contribution in [0.25, 0.3) is 0 Å².